The molecule has 8 heteroatoms. The van der Waals surface area contributed by atoms with Gasteiger partial charge in [0.05, 0.1) is 5.75 Å². The van der Waals surface area contributed by atoms with Crippen LogP contribution < -0.4 is 4.72 Å². The third-order valence-electron chi connectivity index (χ3n) is 2.30. The Labute approximate surface area is 125 Å². The van der Waals surface area contributed by atoms with Crippen LogP contribution in [0, 0.1) is 0 Å². The molecule has 6 nitrogen and oxygen atoms in total. The summed E-state index contributed by atoms with van der Waals surface area (Å²) in [4.78, 5) is 11.7. The minimum atomic E-state index is -3.43. The van der Waals surface area contributed by atoms with E-state index in [4.69, 9.17) is 0 Å². The van der Waals surface area contributed by atoms with E-state index in [-0.39, 0.29) is 11.3 Å². The van der Waals surface area contributed by atoms with Crippen molar-refractivity contribution in [2.45, 2.75) is 6.42 Å². The van der Waals surface area contributed by atoms with E-state index in [0.717, 1.165) is 0 Å². The summed E-state index contributed by atoms with van der Waals surface area (Å²) in [5.41, 5.74) is 0.602. The fourth-order valence-electron chi connectivity index (χ4n) is 1.40. The van der Waals surface area contributed by atoms with Crippen LogP contribution in [0.4, 0.5) is 5.69 Å². The van der Waals surface area contributed by atoms with Crippen LogP contribution >= 0.6 is 0 Å². The zero-order chi connectivity index (χ0) is 16.1. The van der Waals surface area contributed by atoms with Crippen LogP contribution in [0.3, 0.4) is 0 Å². The molecule has 1 rings (SSSR count). The molecule has 0 aromatic heterocycles. The van der Waals surface area contributed by atoms with Crippen molar-refractivity contribution in [2.75, 3.05) is 23.0 Å². The van der Waals surface area contributed by atoms with E-state index in [1.54, 1.807) is 0 Å². The standard InChI is InChI=1S/C13H18N2O4S2/c1-4-5-10-21(18,19)14-12-8-6-11(7-9-12)13(16)15-20(2,3)17/h4,6-9,14H,1,5,10H2,2-3H3. The van der Waals surface area contributed by atoms with Gasteiger partial charge in [0.2, 0.25) is 10.0 Å². The number of carbonyl (C=O) groups excluding carboxylic acids is 1. The number of hydrogen-bond donors (Lipinski definition) is 1. The molecule has 0 saturated heterocycles. The molecule has 1 N–H and O–H groups in total. The SMILES string of the molecule is C=CCCS(=O)(=O)Nc1ccc(C(=O)N=S(C)(C)=O)cc1. The van der Waals surface area contributed by atoms with E-state index in [9.17, 15) is 17.4 Å². The lowest BCUT2D eigenvalue weighted by molar-refractivity contribution is 0.100. The molecule has 1 amide bonds. The van der Waals surface area contributed by atoms with E-state index in [2.05, 4.69) is 15.7 Å². The highest BCUT2D eigenvalue weighted by Crippen LogP contribution is 2.13. The maximum atomic E-state index is 11.7. The van der Waals surface area contributed by atoms with Gasteiger partial charge in [-0.15, -0.1) is 6.58 Å². The summed E-state index contributed by atoms with van der Waals surface area (Å²) in [5, 5.41) is 0. The molecular formula is C13H18N2O4S2. The van der Waals surface area contributed by atoms with Gasteiger partial charge in [0.1, 0.15) is 0 Å². The topological polar surface area (TPSA) is 92.7 Å². The molecule has 1 aromatic rings. The maximum absolute atomic E-state index is 11.7. The quantitative estimate of drug-likeness (QED) is 0.806. The zero-order valence-electron chi connectivity index (χ0n) is 11.9. The lowest BCUT2D eigenvalue weighted by atomic mass is 10.2. The molecule has 0 unspecified atom stereocenters. The van der Waals surface area contributed by atoms with Gasteiger partial charge in [-0.1, -0.05) is 6.08 Å². The largest absolute Gasteiger partial charge is 0.285 e. The summed E-state index contributed by atoms with van der Waals surface area (Å²) < 4.78 is 40.8. The predicted octanol–water partition coefficient (Wildman–Crippen LogP) is 1.87. The minimum Gasteiger partial charge on any atom is -0.284 e. The van der Waals surface area contributed by atoms with Crippen LogP contribution in [0.2, 0.25) is 0 Å². The molecule has 0 heterocycles. The highest BCUT2D eigenvalue weighted by Gasteiger charge is 2.10. The molecule has 0 spiro atoms. The molecule has 0 aliphatic rings. The Bertz CT molecular complexity index is 735. The Morgan fingerprint density at radius 3 is 2.29 bits per heavy atom. The minimum absolute atomic E-state index is 0.0553. The Morgan fingerprint density at radius 1 is 1.24 bits per heavy atom. The fraction of sp³-hybridized carbons (Fsp3) is 0.308. The number of hydrogen-bond acceptors (Lipinski definition) is 4. The van der Waals surface area contributed by atoms with Gasteiger partial charge in [0.25, 0.3) is 5.91 Å². The average molecular weight is 330 g/mol. The highest BCUT2D eigenvalue weighted by molar-refractivity contribution is 7.92. The molecular weight excluding hydrogens is 312 g/mol. The van der Waals surface area contributed by atoms with Crippen molar-refractivity contribution in [3.63, 3.8) is 0 Å². The van der Waals surface area contributed by atoms with Gasteiger partial charge in [0.15, 0.2) is 0 Å². The highest BCUT2D eigenvalue weighted by atomic mass is 32.2. The van der Waals surface area contributed by atoms with Crippen LogP contribution in [0.5, 0.6) is 0 Å². The number of nitrogens with zero attached hydrogens (tertiary/aromatic N) is 1. The van der Waals surface area contributed by atoms with Gasteiger partial charge < -0.3 is 0 Å². The van der Waals surface area contributed by atoms with E-state index in [1.165, 1.54) is 42.9 Å². The van der Waals surface area contributed by atoms with Crippen LogP contribution in [-0.2, 0) is 19.8 Å². The Balaban J connectivity index is 2.87. The molecule has 0 radical (unpaired) electrons. The Kier molecular flexibility index (Phi) is 5.68. The number of sulfonamides is 1. The third-order valence-corrected chi connectivity index (χ3v) is 4.22. The zero-order valence-corrected chi connectivity index (χ0v) is 13.5. The van der Waals surface area contributed by atoms with Crippen LogP contribution in [0.25, 0.3) is 0 Å². The fourth-order valence-corrected chi connectivity index (χ4v) is 2.98. The van der Waals surface area contributed by atoms with Gasteiger partial charge >= 0.3 is 0 Å². The second-order valence-electron chi connectivity index (χ2n) is 4.65. The normalized spacial score (nSPS) is 11.7. The maximum Gasteiger partial charge on any atom is 0.285 e. The number of nitrogens with one attached hydrogen (secondary N) is 1. The van der Waals surface area contributed by atoms with Crippen LogP contribution in [-0.4, -0.2) is 36.8 Å². The van der Waals surface area contributed by atoms with Crippen molar-refractivity contribution in [1.29, 1.82) is 0 Å². The van der Waals surface area contributed by atoms with E-state index < -0.39 is 25.7 Å². The second kappa shape index (κ2) is 6.86. The molecule has 0 saturated carbocycles. The summed E-state index contributed by atoms with van der Waals surface area (Å²) in [5.74, 6) is -0.647. The number of anilines is 1. The van der Waals surface area contributed by atoms with Crippen molar-refractivity contribution in [1.82, 2.24) is 0 Å². The number of benzene rings is 1. The summed E-state index contributed by atoms with van der Waals surface area (Å²) in [6.45, 7) is 3.47. The summed E-state index contributed by atoms with van der Waals surface area (Å²) in [6.07, 6.45) is 4.61. The lowest BCUT2D eigenvalue weighted by Crippen LogP contribution is -2.16. The Morgan fingerprint density at radius 2 is 1.81 bits per heavy atom. The first-order valence-electron chi connectivity index (χ1n) is 6.06. The van der Waals surface area contributed by atoms with Gasteiger partial charge in [-0.25, -0.2) is 12.6 Å². The first-order chi connectivity index (χ1) is 9.63. The van der Waals surface area contributed by atoms with Gasteiger partial charge in [-0.2, -0.15) is 4.36 Å². The molecule has 21 heavy (non-hydrogen) atoms. The monoisotopic (exact) mass is 330 g/mol. The van der Waals surface area contributed by atoms with Crippen molar-refractivity contribution in [3.05, 3.63) is 42.5 Å². The van der Waals surface area contributed by atoms with Crippen molar-refractivity contribution in [3.8, 4) is 0 Å². The summed E-state index contributed by atoms with van der Waals surface area (Å²) >= 11 is 0. The van der Waals surface area contributed by atoms with E-state index >= 15 is 0 Å². The molecule has 0 aliphatic heterocycles. The molecule has 0 aliphatic carbocycles. The van der Waals surface area contributed by atoms with Gasteiger partial charge in [0, 0.05) is 33.5 Å². The molecule has 0 atom stereocenters. The molecule has 0 bridgehead atoms. The molecule has 1 aromatic carbocycles. The van der Waals surface area contributed by atoms with Gasteiger partial charge in [-0.05, 0) is 30.7 Å². The van der Waals surface area contributed by atoms with Crippen LogP contribution in [0.1, 0.15) is 16.8 Å². The Hall–Kier alpha value is -1.67. The van der Waals surface area contributed by atoms with Crippen molar-refractivity contribution < 1.29 is 17.4 Å². The van der Waals surface area contributed by atoms with Crippen molar-refractivity contribution in [2.24, 2.45) is 4.36 Å². The van der Waals surface area contributed by atoms with Crippen LogP contribution in [0.15, 0.2) is 41.3 Å². The van der Waals surface area contributed by atoms with E-state index in [0.29, 0.717) is 12.1 Å². The first-order valence-corrected chi connectivity index (χ1v) is 10.0. The first kappa shape index (κ1) is 17.4. The number of carbonyl (C=O) groups is 1. The second-order valence-corrected chi connectivity index (χ2v) is 9.04. The molecule has 0 fully saturated rings. The summed E-state index contributed by atoms with van der Waals surface area (Å²) in [7, 11) is -5.95. The van der Waals surface area contributed by atoms with Crippen molar-refractivity contribution >= 4 is 31.3 Å². The number of amides is 1. The van der Waals surface area contributed by atoms with E-state index in [1.807, 2.05) is 0 Å². The third kappa shape index (κ3) is 6.54. The lowest BCUT2D eigenvalue weighted by Gasteiger charge is -2.07. The predicted molar refractivity (Wildman–Crippen MR) is 85.4 cm³/mol. The average Bonchev–Trinajstić information content (AvgIpc) is 2.35. The summed E-state index contributed by atoms with van der Waals surface area (Å²) in [6, 6.07) is 5.79. The number of allylic oxidation sites excluding steroid dienone is 1. The molecule has 116 valence electrons. The smallest absolute Gasteiger partial charge is 0.284 e. The van der Waals surface area contributed by atoms with Gasteiger partial charge in [-0.3, -0.25) is 9.52 Å². The number of rotatable bonds is 6.